The molecule has 1 aliphatic heterocycles. The SMILES string of the molecule is C=CCN1CCN(c2nc3ccccc3nc2C#N)CC1. The summed E-state index contributed by atoms with van der Waals surface area (Å²) in [6.45, 7) is 8.29. The normalized spacial score (nSPS) is 15.9. The number of rotatable bonds is 3. The van der Waals surface area contributed by atoms with Gasteiger partial charge in [-0.05, 0) is 12.1 Å². The Labute approximate surface area is 124 Å². The highest BCUT2D eigenvalue weighted by Crippen LogP contribution is 2.21. The molecule has 5 nitrogen and oxygen atoms in total. The maximum atomic E-state index is 9.34. The number of benzene rings is 1. The fraction of sp³-hybridized carbons (Fsp3) is 0.312. The smallest absolute Gasteiger partial charge is 0.183 e. The molecule has 3 rings (SSSR count). The van der Waals surface area contributed by atoms with Crippen molar-refractivity contribution in [1.29, 1.82) is 5.26 Å². The van der Waals surface area contributed by atoms with E-state index < -0.39 is 0 Å². The van der Waals surface area contributed by atoms with Crippen molar-refractivity contribution in [2.24, 2.45) is 0 Å². The number of hydrogen-bond donors (Lipinski definition) is 0. The first kappa shape index (κ1) is 13.5. The van der Waals surface area contributed by atoms with Gasteiger partial charge in [0.05, 0.1) is 11.0 Å². The summed E-state index contributed by atoms with van der Waals surface area (Å²) in [6.07, 6.45) is 1.92. The van der Waals surface area contributed by atoms with Crippen LogP contribution in [0, 0.1) is 11.3 Å². The van der Waals surface area contributed by atoms with Gasteiger partial charge in [-0.3, -0.25) is 4.90 Å². The number of anilines is 1. The van der Waals surface area contributed by atoms with Gasteiger partial charge in [-0.2, -0.15) is 5.26 Å². The third kappa shape index (κ3) is 2.71. The van der Waals surface area contributed by atoms with Gasteiger partial charge in [0.2, 0.25) is 0 Å². The van der Waals surface area contributed by atoms with Crippen LogP contribution < -0.4 is 4.90 Å². The molecule has 1 aromatic heterocycles. The highest BCUT2D eigenvalue weighted by atomic mass is 15.3. The molecule has 0 aliphatic carbocycles. The maximum absolute atomic E-state index is 9.34. The predicted octanol–water partition coefficient (Wildman–Crippen LogP) is 1.81. The van der Waals surface area contributed by atoms with E-state index in [9.17, 15) is 5.26 Å². The zero-order chi connectivity index (χ0) is 14.7. The van der Waals surface area contributed by atoms with Crippen molar-refractivity contribution >= 4 is 16.9 Å². The molecule has 2 heterocycles. The Kier molecular flexibility index (Phi) is 3.80. The van der Waals surface area contributed by atoms with Crippen LogP contribution in [-0.2, 0) is 0 Å². The Bertz CT molecular complexity index is 695. The number of nitriles is 1. The Morgan fingerprint density at radius 2 is 1.81 bits per heavy atom. The Morgan fingerprint density at radius 3 is 2.43 bits per heavy atom. The molecule has 1 aliphatic rings. The van der Waals surface area contributed by atoms with Crippen LogP contribution in [0.4, 0.5) is 5.82 Å². The second-order valence-electron chi connectivity index (χ2n) is 5.07. The largest absolute Gasteiger partial charge is 0.352 e. The number of hydrogen-bond acceptors (Lipinski definition) is 5. The van der Waals surface area contributed by atoms with Gasteiger partial charge in [0.15, 0.2) is 11.5 Å². The highest BCUT2D eigenvalue weighted by Gasteiger charge is 2.21. The van der Waals surface area contributed by atoms with Gasteiger partial charge < -0.3 is 4.90 Å². The zero-order valence-corrected chi connectivity index (χ0v) is 11.9. The molecule has 0 radical (unpaired) electrons. The molecule has 0 saturated carbocycles. The average Bonchev–Trinajstić information content (AvgIpc) is 2.54. The molecular formula is C16H17N5. The number of piperazine rings is 1. The second-order valence-corrected chi connectivity index (χ2v) is 5.07. The van der Waals surface area contributed by atoms with Gasteiger partial charge in [-0.1, -0.05) is 18.2 Å². The quantitative estimate of drug-likeness (QED) is 0.802. The summed E-state index contributed by atoms with van der Waals surface area (Å²) in [6, 6.07) is 9.84. The van der Waals surface area contributed by atoms with Crippen LogP contribution in [0.3, 0.4) is 0 Å². The van der Waals surface area contributed by atoms with Gasteiger partial charge in [0.1, 0.15) is 6.07 Å². The van der Waals surface area contributed by atoms with Crippen LogP contribution in [0.15, 0.2) is 36.9 Å². The first-order chi connectivity index (χ1) is 10.3. The number of fused-ring (bicyclic) bond motifs is 1. The molecule has 0 spiro atoms. The van der Waals surface area contributed by atoms with E-state index in [1.807, 2.05) is 30.3 Å². The average molecular weight is 279 g/mol. The molecular weight excluding hydrogens is 262 g/mol. The first-order valence-corrected chi connectivity index (χ1v) is 7.07. The first-order valence-electron chi connectivity index (χ1n) is 7.07. The fourth-order valence-corrected chi connectivity index (χ4v) is 2.61. The zero-order valence-electron chi connectivity index (χ0n) is 11.9. The molecule has 0 bridgehead atoms. The molecule has 106 valence electrons. The minimum atomic E-state index is 0.408. The van der Waals surface area contributed by atoms with E-state index in [1.165, 1.54) is 0 Å². The van der Waals surface area contributed by atoms with E-state index in [2.05, 4.69) is 32.4 Å². The molecule has 2 aromatic rings. The monoisotopic (exact) mass is 279 g/mol. The fourth-order valence-electron chi connectivity index (χ4n) is 2.61. The van der Waals surface area contributed by atoms with E-state index >= 15 is 0 Å². The van der Waals surface area contributed by atoms with E-state index in [0.29, 0.717) is 11.5 Å². The standard InChI is InChI=1S/C16H17N5/c1-2-7-20-8-10-21(11-9-20)16-15(12-17)18-13-5-3-4-6-14(13)19-16/h2-6H,1,7-11H2. The molecule has 5 heteroatoms. The lowest BCUT2D eigenvalue weighted by Gasteiger charge is -2.35. The Morgan fingerprint density at radius 1 is 1.14 bits per heavy atom. The molecule has 0 unspecified atom stereocenters. The van der Waals surface area contributed by atoms with Crippen molar-refractivity contribution in [3.63, 3.8) is 0 Å². The van der Waals surface area contributed by atoms with E-state index in [1.54, 1.807) is 0 Å². The molecule has 0 amide bonds. The van der Waals surface area contributed by atoms with E-state index in [4.69, 9.17) is 0 Å². The van der Waals surface area contributed by atoms with Crippen molar-refractivity contribution in [3.05, 3.63) is 42.6 Å². The van der Waals surface area contributed by atoms with Gasteiger partial charge in [0, 0.05) is 32.7 Å². The Hall–Kier alpha value is -2.45. The predicted molar refractivity (Wildman–Crippen MR) is 83.1 cm³/mol. The summed E-state index contributed by atoms with van der Waals surface area (Å²) in [5.74, 6) is 0.703. The van der Waals surface area contributed by atoms with Crippen LogP contribution in [-0.4, -0.2) is 47.6 Å². The van der Waals surface area contributed by atoms with Crippen LogP contribution >= 0.6 is 0 Å². The van der Waals surface area contributed by atoms with E-state index in [-0.39, 0.29) is 0 Å². The van der Waals surface area contributed by atoms with Gasteiger partial charge >= 0.3 is 0 Å². The lowest BCUT2D eigenvalue weighted by molar-refractivity contribution is 0.283. The summed E-state index contributed by atoms with van der Waals surface area (Å²) < 4.78 is 0. The third-order valence-corrected chi connectivity index (χ3v) is 3.72. The molecule has 1 fully saturated rings. The highest BCUT2D eigenvalue weighted by molar-refractivity contribution is 5.77. The minimum absolute atomic E-state index is 0.408. The maximum Gasteiger partial charge on any atom is 0.183 e. The second kappa shape index (κ2) is 5.90. The van der Waals surface area contributed by atoms with Crippen LogP contribution in [0.1, 0.15) is 5.69 Å². The summed E-state index contributed by atoms with van der Waals surface area (Å²) in [7, 11) is 0. The van der Waals surface area contributed by atoms with Crippen molar-refractivity contribution in [3.8, 4) is 6.07 Å². The number of para-hydroxylation sites is 2. The molecule has 1 saturated heterocycles. The molecule has 1 aromatic carbocycles. The minimum Gasteiger partial charge on any atom is -0.352 e. The number of aromatic nitrogens is 2. The number of nitrogens with zero attached hydrogens (tertiary/aromatic N) is 5. The molecule has 21 heavy (non-hydrogen) atoms. The summed E-state index contributed by atoms with van der Waals surface area (Å²) in [4.78, 5) is 13.6. The van der Waals surface area contributed by atoms with Crippen LogP contribution in [0.2, 0.25) is 0 Å². The summed E-state index contributed by atoms with van der Waals surface area (Å²) in [5.41, 5.74) is 2.01. The topological polar surface area (TPSA) is 56.1 Å². The van der Waals surface area contributed by atoms with Crippen molar-refractivity contribution in [2.45, 2.75) is 0 Å². The van der Waals surface area contributed by atoms with Crippen LogP contribution in [0.5, 0.6) is 0 Å². The van der Waals surface area contributed by atoms with Gasteiger partial charge in [-0.25, -0.2) is 9.97 Å². The van der Waals surface area contributed by atoms with Crippen molar-refractivity contribution < 1.29 is 0 Å². The van der Waals surface area contributed by atoms with Gasteiger partial charge in [0.25, 0.3) is 0 Å². The molecule has 0 atom stereocenters. The van der Waals surface area contributed by atoms with Gasteiger partial charge in [-0.15, -0.1) is 6.58 Å². The van der Waals surface area contributed by atoms with Crippen LogP contribution in [0.25, 0.3) is 11.0 Å². The van der Waals surface area contributed by atoms with Crippen molar-refractivity contribution in [1.82, 2.24) is 14.9 Å². The third-order valence-electron chi connectivity index (χ3n) is 3.72. The van der Waals surface area contributed by atoms with E-state index in [0.717, 1.165) is 43.8 Å². The summed E-state index contributed by atoms with van der Waals surface area (Å²) >= 11 is 0. The lowest BCUT2D eigenvalue weighted by Crippen LogP contribution is -2.47. The van der Waals surface area contributed by atoms with Crippen molar-refractivity contribution in [2.75, 3.05) is 37.6 Å². The molecule has 0 N–H and O–H groups in total. The lowest BCUT2D eigenvalue weighted by atomic mass is 10.2. The Balaban J connectivity index is 1.90. The summed E-state index contributed by atoms with van der Waals surface area (Å²) in [5, 5.41) is 9.34.